The molecule has 1 atom stereocenters. The zero-order valence-corrected chi connectivity index (χ0v) is 15.5. The van der Waals surface area contributed by atoms with E-state index in [2.05, 4.69) is 22.9 Å². The number of hydrogen-bond donors (Lipinski definition) is 2. The van der Waals surface area contributed by atoms with E-state index in [9.17, 15) is 5.11 Å². The quantitative estimate of drug-likeness (QED) is 0.332. The molecule has 3 nitrogen and oxygen atoms in total. The molecule has 0 heterocycles. The molecule has 0 aliphatic heterocycles. The summed E-state index contributed by atoms with van der Waals surface area (Å²) in [6.45, 7) is 3.35. The third-order valence-electron chi connectivity index (χ3n) is 3.32. The highest BCUT2D eigenvalue weighted by Crippen LogP contribution is 2.12. The van der Waals surface area contributed by atoms with E-state index in [0.717, 1.165) is 18.7 Å². The highest BCUT2D eigenvalue weighted by molar-refractivity contribution is 9.09. The molecule has 0 aromatic rings. The lowest BCUT2D eigenvalue weighted by atomic mass is 10.0. The summed E-state index contributed by atoms with van der Waals surface area (Å²) in [6, 6.07) is 0. The van der Waals surface area contributed by atoms with Gasteiger partial charge in [0, 0.05) is 12.3 Å². The van der Waals surface area contributed by atoms with E-state index in [1.54, 1.807) is 0 Å². The predicted octanol–water partition coefficient (Wildman–Crippen LogP) is 5.53. The Morgan fingerprint density at radius 2 is 1.24 bits per heavy atom. The molecule has 1 unspecified atom stereocenters. The summed E-state index contributed by atoms with van der Waals surface area (Å²) in [6.07, 6.45) is 15.9. The molecule has 0 fully saturated rings. The molecule has 0 saturated carbocycles. The number of halogens is 1. The van der Waals surface area contributed by atoms with Gasteiger partial charge in [-0.05, 0) is 6.42 Å². The Balaban J connectivity index is 0. The lowest BCUT2D eigenvalue weighted by Gasteiger charge is -2.06. The molecular weight excluding hydrogens is 332 g/mol. The molecule has 21 heavy (non-hydrogen) atoms. The van der Waals surface area contributed by atoms with Gasteiger partial charge in [-0.15, -0.1) is 0 Å². The van der Waals surface area contributed by atoms with Crippen LogP contribution in [0.4, 0.5) is 0 Å². The van der Waals surface area contributed by atoms with Crippen LogP contribution in [-0.4, -0.2) is 27.6 Å². The Kier molecular flexibility index (Phi) is 22.0. The summed E-state index contributed by atoms with van der Waals surface area (Å²) in [4.78, 5) is 9.00. The molecule has 0 aliphatic rings. The average Bonchev–Trinajstić information content (AvgIpc) is 2.43. The maximum Gasteiger partial charge on any atom is 0.300 e. The molecular formula is C17H35BrO3. The number of rotatable bonds is 13. The molecule has 0 bridgehead atoms. The summed E-state index contributed by atoms with van der Waals surface area (Å²) in [5.41, 5.74) is 0. The first kappa shape index (κ1) is 23.2. The van der Waals surface area contributed by atoms with Gasteiger partial charge in [0.25, 0.3) is 5.97 Å². The Hall–Kier alpha value is -0.0900. The molecule has 0 rings (SSSR count). The average molecular weight is 367 g/mol. The minimum absolute atomic E-state index is 0.131. The van der Waals surface area contributed by atoms with Gasteiger partial charge in [0.1, 0.15) is 0 Å². The largest absolute Gasteiger partial charge is 0.481 e. The number of carboxylic acids is 1. The third-order valence-corrected chi connectivity index (χ3v) is 4.07. The van der Waals surface area contributed by atoms with Gasteiger partial charge < -0.3 is 10.2 Å². The van der Waals surface area contributed by atoms with Crippen molar-refractivity contribution in [2.75, 3.05) is 5.33 Å². The van der Waals surface area contributed by atoms with Crippen molar-refractivity contribution in [3.05, 3.63) is 0 Å². The van der Waals surface area contributed by atoms with Crippen LogP contribution in [0.2, 0.25) is 0 Å². The van der Waals surface area contributed by atoms with Crippen molar-refractivity contribution in [2.45, 2.75) is 97.0 Å². The molecule has 0 amide bonds. The van der Waals surface area contributed by atoms with Gasteiger partial charge in [-0.25, -0.2) is 0 Å². The van der Waals surface area contributed by atoms with Crippen LogP contribution in [0, 0.1) is 0 Å². The topological polar surface area (TPSA) is 57.5 Å². The van der Waals surface area contributed by atoms with Crippen molar-refractivity contribution in [1.82, 2.24) is 0 Å². The molecule has 128 valence electrons. The summed E-state index contributed by atoms with van der Waals surface area (Å²) < 4.78 is 0. The highest BCUT2D eigenvalue weighted by atomic mass is 79.9. The van der Waals surface area contributed by atoms with Gasteiger partial charge >= 0.3 is 0 Å². The Morgan fingerprint density at radius 1 is 0.905 bits per heavy atom. The first-order valence-electron chi connectivity index (χ1n) is 8.48. The van der Waals surface area contributed by atoms with E-state index in [1.165, 1.54) is 70.6 Å². The van der Waals surface area contributed by atoms with Crippen molar-refractivity contribution in [3.63, 3.8) is 0 Å². The van der Waals surface area contributed by atoms with E-state index in [0.29, 0.717) is 0 Å². The molecule has 2 N–H and O–H groups in total. The van der Waals surface area contributed by atoms with E-state index in [4.69, 9.17) is 9.90 Å². The normalized spacial score (nSPS) is 11.6. The Labute approximate surface area is 139 Å². The van der Waals surface area contributed by atoms with Gasteiger partial charge in [0.15, 0.2) is 0 Å². The second-order valence-electron chi connectivity index (χ2n) is 5.65. The SMILES string of the molecule is CC(=O)O.CCCCCCCCCCCCCC(O)CBr. The van der Waals surface area contributed by atoms with Crippen LogP contribution in [0.5, 0.6) is 0 Å². The zero-order chi connectivity index (χ0) is 16.3. The maximum absolute atomic E-state index is 9.35. The minimum Gasteiger partial charge on any atom is -0.481 e. The van der Waals surface area contributed by atoms with E-state index < -0.39 is 5.97 Å². The van der Waals surface area contributed by atoms with Crippen molar-refractivity contribution >= 4 is 21.9 Å². The van der Waals surface area contributed by atoms with Crippen LogP contribution < -0.4 is 0 Å². The number of unbranched alkanes of at least 4 members (excludes halogenated alkanes) is 10. The lowest BCUT2D eigenvalue weighted by molar-refractivity contribution is -0.134. The van der Waals surface area contributed by atoms with Gasteiger partial charge in [-0.3, -0.25) is 4.79 Å². The first-order chi connectivity index (χ1) is 10.0. The number of hydrogen-bond acceptors (Lipinski definition) is 2. The van der Waals surface area contributed by atoms with E-state index in [-0.39, 0.29) is 6.10 Å². The van der Waals surface area contributed by atoms with Crippen LogP contribution in [0.1, 0.15) is 90.9 Å². The Morgan fingerprint density at radius 3 is 1.57 bits per heavy atom. The molecule has 0 aromatic heterocycles. The number of carboxylic acid groups (broad SMARTS) is 1. The monoisotopic (exact) mass is 366 g/mol. The summed E-state index contributed by atoms with van der Waals surface area (Å²) in [5.74, 6) is -0.833. The number of alkyl halides is 1. The van der Waals surface area contributed by atoms with E-state index in [1.807, 2.05) is 0 Å². The van der Waals surface area contributed by atoms with Gasteiger partial charge in [-0.2, -0.15) is 0 Å². The summed E-state index contributed by atoms with van der Waals surface area (Å²) in [7, 11) is 0. The molecule has 0 aromatic carbocycles. The van der Waals surface area contributed by atoms with E-state index >= 15 is 0 Å². The molecule has 0 aliphatic carbocycles. The van der Waals surface area contributed by atoms with Crippen molar-refractivity contribution in [2.24, 2.45) is 0 Å². The highest BCUT2D eigenvalue weighted by Gasteiger charge is 2.00. The number of aliphatic hydroxyl groups is 1. The van der Waals surface area contributed by atoms with Gasteiger partial charge in [0.05, 0.1) is 6.10 Å². The second kappa shape index (κ2) is 19.9. The molecule has 0 radical (unpaired) electrons. The summed E-state index contributed by atoms with van der Waals surface area (Å²) >= 11 is 3.29. The van der Waals surface area contributed by atoms with Crippen LogP contribution in [0.25, 0.3) is 0 Å². The third kappa shape index (κ3) is 28.7. The van der Waals surface area contributed by atoms with Crippen molar-refractivity contribution in [3.8, 4) is 0 Å². The lowest BCUT2D eigenvalue weighted by Crippen LogP contribution is -2.06. The van der Waals surface area contributed by atoms with Crippen LogP contribution in [0.15, 0.2) is 0 Å². The van der Waals surface area contributed by atoms with Crippen molar-refractivity contribution in [1.29, 1.82) is 0 Å². The van der Waals surface area contributed by atoms with Crippen LogP contribution in [-0.2, 0) is 4.79 Å². The first-order valence-corrected chi connectivity index (χ1v) is 9.60. The predicted molar refractivity (Wildman–Crippen MR) is 94.2 cm³/mol. The fourth-order valence-corrected chi connectivity index (χ4v) is 2.45. The van der Waals surface area contributed by atoms with Crippen molar-refractivity contribution < 1.29 is 15.0 Å². The molecule has 0 saturated heterocycles. The van der Waals surface area contributed by atoms with Crippen LogP contribution >= 0.6 is 15.9 Å². The minimum atomic E-state index is -0.833. The second-order valence-corrected chi connectivity index (χ2v) is 6.30. The molecule has 4 heteroatoms. The zero-order valence-electron chi connectivity index (χ0n) is 14.0. The number of carbonyl (C=O) groups is 1. The summed E-state index contributed by atoms with van der Waals surface area (Å²) in [5, 5.41) is 17.5. The fraction of sp³-hybridized carbons (Fsp3) is 0.941. The van der Waals surface area contributed by atoms with Crippen LogP contribution in [0.3, 0.4) is 0 Å². The number of aliphatic hydroxyl groups excluding tert-OH is 1. The van der Waals surface area contributed by atoms with Gasteiger partial charge in [-0.1, -0.05) is 93.5 Å². The number of aliphatic carboxylic acids is 1. The fourth-order valence-electron chi connectivity index (χ4n) is 2.12. The molecule has 0 spiro atoms. The Bertz CT molecular complexity index is 206. The standard InChI is InChI=1S/C15H31BrO.C2H4O2/c1-2-3-4-5-6-7-8-9-10-11-12-13-15(17)14-16;1-2(3)4/h15,17H,2-14H2,1H3;1H3,(H,3,4). The maximum atomic E-state index is 9.35. The smallest absolute Gasteiger partial charge is 0.300 e. The van der Waals surface area contributed by atoms with Gasteiger partial charge in [0.2, 0.25) is 0 Å².